The lowest BCUT2D eigenvalue weighted by atomic mass is 10.1. The molecule has 0 bridgehead atoms. The Labute approximate surface area is 258 Å². The van der Waals surface area contributed by atoms with Gasteiger partial charge in [0.25, 0.3) is 8.05 Å². The van der Waals surface area contributed by atoms with Crippen molar-refractivity contribution in [1.82, 2.24) is 0 Å². The first-order chi connectivity index (χ1) is 20.1. The predicted molar refractivity (Wildman–Crippen MR) is 164 cm³/mol. The van der Waals surface area contributed by atoms with Crippen LogP contribution in [0.2, 0.25) is 0 Å². The maximum Gasteiger partial charge on any atom is 0.642 e. The Morgan fingerprint density at radius 2 is 0.810 bits per heavy atom. The molecule has 42 heavy (non-hydrogen) atoms. The van der Waals surface area contributed by atoms with Gasteiger partial charge in [0.2, 0.25) is 0 Å². The van der Waals surface area contributed by atoms with Crippen molar-refractivity contribution in [2.45, 2.75) is 131 Å². The molecule has 0 aromatic carbocycles. The molecular formula is C25H54B5O12. The fraction of sp³-hybridized carbons (Fsp3) is 1.00. The smallest absolute Gasteiger partial charge is 0.428 e. The van der Waals surface area contributed by atoms with Gasteiger partial charge in [-0.15, -0.1) is 0 Å². The van der Waals surface area contributed by atoms with Crippen molar-refractivity contribution in [3.05, 3.63) is 0 Å². The van der Waals surface area contributed by atoms with Crippen LogP contribution < -0.4 is 0 Å². The second-order valence-electron chi connectivity index (χ2n) is 10.6. The van der Waals surface area contributed by atoms with Gasteiger partial charge < -0.3 is 55.9 Å². The molecule has 0 N–H and O–H groups in total. The molecule has 3 radical (unpaired) electrons. The standard InChI is InChI=1S/C25H54B5O12/c1-22(2)39-29(40-23(3)4)35-18-16-14-12-10-9-11-13-15-17-34-28(36-20-33-27-32-19-31-26)37-21-38-30(41-24(5)6)42-25(7)8/h22-25H,9-21H2,1-8H3. The first kappa shape index (κ1) is 41.8. The lowest BCUT2D eigenvalue weighted by molar-refractivity contribution is -0.0350. The van der Waals surface area contributed by atoms with E-state index in [0.29, 0.717) is 13.2 Å². The summed E-state index contributed by atoms with van der Waals surface area (Å²) in [6, 6.07) is 0. The Kier molecular flexibility index (Phi) is 29.4. The molecule has 17 heteroatoms. The zero-order chi connectivity index (χ0) is 31.4. The molecule has 0 spiro atoms. The Bertz CT molecular complexity index is 550. The first-order valence-corrected chi connectivity index (χ1v) is 15.2. The van der Waals surface area contributed by atoms with Gasteiger partial charge in [-0.25, -0.2) is 0 Å². The van der Waals surface area contributed by atoms with Gasteiger partial charge in [0.05, 0.1) is 0 Å². The normalized spacial score (nSPS) is 11.8. The maximum absolute atomic E-state index is 5.74. The van der Waals surface area contributed by atoms with Crippen LogP contribution in [0.3, 0.4) is 0 Å². The summed E-state index contributed by atoms with van der Waals surface area (Å²) in [5.41, 5.74) is 0. The van der Waals surface area contributed by atoms with Crippen molar-refractivity contribution in [2.24, 2.45) is 0 Å². The van der Waals surface area contributed by atoms with E-state index < -0.39 is 22.0 Å². The van der Waals surface area contributed by atoms with Crippen molar-refractivity contribution in [2.75, 3.05) is 33.6 Å². The van der Waals surface area contributed by atoms with Crippen molar-refractivity contribution < 1.29 is 55.9 Å². The van der Waals surface area contributed by atoms with Crippen LogP contribution in [0.4, 0.5) is 0 Å². The van der Waals surface area contributed by atoms with Crippen molar-refractivity contribution in [1.29, 1.82) is 0 Å². The second-order valence-corrected chi connectivity index (χ2v) is 10.6. The van der Waals surface area contributed by atoms with E-state index in [4.69, 9.17) is 59.2 Å². The minimum absolute atomic E-state index is 0.0569. The summed E-state index contributed by atoms with van der Waals surface area (Å²) >= 11 is 0. The summed E-state index contributed by atoms with van der Waals surface area (Å²) in [6.07, 6.45) is 8.61. The third-order valence-electron chi connectivity index (χ3n) is 5.03. The molecule has 0 amide bonds. The van der Waals surface area contributed by atoms with Crippen LogP contribution in [0, 0.1) is 0 Å². The summed E-state index contributed by atoms with van der Waals surface area (Å²) in [5.74, 6) is 0. The highest BCUT2D eigenvalue weighted by atomic mass is 16.8. The van der Waals surface area contributed by atoms with Crippen molar-refractivity contribution in [3.63, 3.8) is 0 Å². The molecule has 241 valence electrons. The van der Waals surface area contributed by atoms with Gasteiger partial charge in [0.1, 0.15) is 20.4 Å². The van der Waals surface area contributed by atoms with E-state index in [2.05, 4.69) is 4.65 Å². The Morgan fingerprint density at radius 1 is 0.452 bits per heavy atom. The SMILES string of the molecule is [B]OCO[B]OCOB(OCCCCCCCCCCOB(OC(C)C)OC(C)C)OCOB(OC(C)C)OC(C)C. The third kappa shape index (κ3) is 29.9. The molecule has 0 unspecified atom stereocenters. The number of hydrogen-bond donors (Lipinski definition) is 0. The highest BCUT2D eigenvalue weighted by Crippen LogP contribution is 2.11. The van der Waals surface area contributed by atoms with E-state index >= 15 is 0 Å². The monoisotopic (exact) mass is 601 g/mol. The van der Waals surface area contributed by atoms with Crippen molar-refractivity contribution >= 4 is 37.7 Å². The average molecular weight is 601 g/mol. The van der Waals surface area contributed by atoms with E-state index in [1.807, 2.05) is 55.4 Å². The molecule has 0 heterocycles. The van der Waals surface area contributed by atoms with Gasteiger partial charge in [-0.05, 0) is 68.2 Å². The van der Waals surface area contributed by atoms with E-state index in [0.717, 1.165) is 39.8 Å². The molecule has 0 rings (SSSR count). The molecule has 0 aromatic heterocycles. The van der Waals surface area contributed by atoms with Gasteiger partial charge in [-0.2, -0.15) is 0 Å². The summed E-state index contributed by atoms with van der Waals surface area (Å²) in [4.78, 5) is 0. The summed E-state index contributed by atoms with van der Waals surface area (Å²) in [5, 5.41) is 0. The fourth-order valence-corrected chi connectivity index (χ4v) is 3.27. The molecule has 0 aromatic rings. The molecule has 0 aliphatic rings. The van der Waals surface area contributed by atoms with Crippen LogP contribution >= 0.6 is 0 Å². The lowest BCUT2D eigenvalue weighted by Crippen LogP contribution is -2.36. The molecule has 0 atom stereocenters. The molecular weight excluding hydrogens is 546 g/mol. The quantitative estimate of drug-likeness (QED) is 0.0621. The highest BCUT2D eigenvalue weighted by molar-refractivity contribution is 6.37. The van der Waals surface area contributed by atoms with Crippen LogP contribution in [0.1, 0.15) is 107 Å². The lowest BCUT2D eigenvalue weighted by Gasteiger charge is -2.20. The van der Waals surface area contributed by atoms with Crippen LogP contribution in [0.15, 0.2) is 0 Å². The van der Waals surface area contributed by atoms with E-state index in [-0.39, 0.29) is 44.8 Å². The third-order valence-corrected chi connectivity index (χ3v) is 5.03. The highest BCUT2D eigenvalue weighted by Gasteiger charge is 2.28. The van der Waals surface area contributed by atoms with Gasteiger partial charge in [0.15, 0.2) is 0 Å². The second kappa shape index (κ2) is 29.5. The van der Waals surface area contributed by atoms with E-state index in [9.17, 15) is 0 Å². The molecule has 0 saturated carbocycles. The Hall–Kier alpha value is -0.155. The number of rotatable bonds is 32. The molecule has 0 aliphatic heterocycles. The fourth-order valence-electron chi connectivity index (χ4n) is 3.27. The largest absolute Gasteiger partial charge is 0.642 e. The van der Waals surface area contributed by atoms with Gasteiger partial charge >= 0.3 is 29.6 Å². The zero-order valence-corrected chi connectivity index (χ0v) is 27.3. The zero-order valence-electron chi connectivity index (χ0n) is 27.3. The van der Waals surface area contributed by atoms with Crippen LogP contribution in [0.5, 0.6) is 0 Å². The van der Waals surface area contributed by atoms with E-state index in [1.165, 1.54) is 19.3 Å². The molecule has 0 aliphatic carbocycles. The maximum atomic E-state index is 5.74. The Morgan fingerprint density at radius 3 is 1.26 bits per heavy atom. The topological polar surface area (TPSA) is 111 Å². The minimum atomic E-state index is -1.01. The predicted octanol–water partition coefficient (Wildman–Crippen LogP) is 4.38. The molecule has 0 fully saturated rings. The summed E-state index contributed by atoms with van der Waals surface area (Å²) < 4.78 is 64.7. The molecule has 0 saturated heterocycles. The average Bonchev–Trinajstić information content (AvgIpc) is 2.89. The first-order valence-electron chi connectivity index (χ1n) is 15.2. The van der Waals surface area contributed by atoms with Crippen molar-refractivity contribution in [3.8, 4) is 0 Å². The summed E-state index contributed by atoms with van der Waals surface area (Å²) in [6.45, 7) is 16.0. The number of hydrogen-bond acceptors (Lipinski definition) is 12. The van der Waals surface area contributed by atoms with E-state index in [1.54, 1.807) is 0 Å². The van der Waals surface area contributed by atoms with Crippen LogP contribution in [-0.2, 0) is 55.9 Å². The van der Waals surface area contributed by atoms with Gasteiger partial charge in [-0.3, -0.25) is 0 Å². The van der Waals surface area contributed by atoms with Crippen LogP contribution in [0.25, 0.3) is 0 Å². The minimum Gasteiger partial charge on any atom is -0.428 e. The van der Waals surface area contributed by atoms with Crippen LogP contribution in [-0.4, -0.2) is 95.7 Å². The number of unbranched alkanes of at least 4 members (excludes halogenated alkanes) is 7. The molecule has 12 nitrogen and oxygen atoms in total. The summed E-state index contributed by atoms with van der Waals surface area (Å²) in [7, 11) is 3.45. The van der Waals surface area contributed by atoms with Gasteiger partial charge in [0, 0.05) is 37.6 Å². The van der Waals surface area contributed by atoms with Gasteiger partial charge in [-0.1, -0.05) is 38.5 Å². The Balaban J connectivity index is 4.12.